The minimum Gasteiger partial charge on any atom is -0.465 e. The van der Waals surface area contributed by atoms with Crippen molar-refractivity contribution < 1.29 is 19.4 Å². The van der Waals surface area contributed by atoms with Gasteiger partial charge in [-0.3, -0.25) is 14.6 Å². The Morgan fingerprint density at radius 2 is 1.72 bits per heavy atom. The first kappa shape index (κ1) is 27.0. The molecule has 0 spiro atoms. The molecule has 3 aliphatic heterocycles. The first-order valence-corrected chi connectivity index (χ1v) is 13.7. The number of anilines is 1. The topological polar surface area (TPSA) is 76.6 Å². The third kappa shape index (κ3) is 7.05. The molecule has 1 N–H and O–H groups in total. The van der Waals surface area contributed by atoms with Gasteiger partial charge in [0.15, 0.2) is 0 Å². The summed E-state index contributed by atoms with van der Waals surface area (Å²) in [5.74, 6) is 0.456. The fraction of sp³-hybridized carbons (Fsp3) is 0.704. The highest BCUT2D eigenvalue weighted by Gasteiger charge is 2.36. The van der Waals surface area contributed by atoms with Crippen LogP contribution in [-0.2, 0) is 16.1 Å². The first-order valence-electron chi connectivity index (χ1n) is 13.3. The molecule has 9 heteroatoms. The summed E-state index contributed by atoms with van der Waals surface area (Å²) in [6.45, 7) is 12.4. The van der Waals surface area contributed by atoms with Gasteiger partial charge in [0.05, 0.1) is 6.54 Å². The van der Waals surface area contributed by atoms with Gasteiger partial charge in [0.1, 0.15) is 5.60 Å². The molecule has 3 saturated heterocycles. The number of esters is 1. The molecule has 200 valence electrons. The van der Waals surface area contributed by atoms with Gasteiger partial charge in [0.25, 0.3) is 0 Å². The zero-order valence-electron chi connectivity index (χ0n) is 21.9. The van der Waals surface area contributed by atoms with E-state index in [-0.39, 0.29) is 5.97 Å². The maximum Gasteiger partial charge on any atom is 0.407 e. The van der Waals surface area contributed by atoms with Crippen LogP contribution in [-0.4, -0.2) is 95.9 Å². The molecule has 1 unspecified atom stereocenters. The molecule has 0 saturated carbocycles. The lowest BCUT2D eigenvalue weighted by Crippen LogP contribution is -2.48. The van der Waals surface area contributed by atoms with Crippen LogP contribution in [0.2, 0.25) is 5.02 Å². The molecule has 0 aromatic heterocycles. The van der Waals surface area contributed by atoms with Gasteiger partial charge in [-0.25, -0.2) is 4.79 Å². The van der Waals surface area contributed by atoms with Crippen molar-refractivity contribution in [3.05, 3.63) is 28.8 Å². The van der Waals surface area contributed by atoms with Gasteiger partial charge in [-0.1, -0.05) is 17.7 Å². The summed E-state index contributed by atoms with van der Waals surface area (Å²) in [7, 11) is 0. The number of hydrogen-bond acceptors (Lipinski definition) is 6. The number of halogens is 1. The van der Waals surface area contributed by atoms with Crippen molar-refractivity contribution in [2.24, 2.45) is 5.92 Å². The van der Waals surface area contributed by atoms with Gasteiger partial charge >= 0.3 is 12.1 Å². The smallest absolute Gasteiger partial charge is 0.407 e. The molecule has 1 atom stereocenters. The van der Waals surface area contributed by atoms with Gasteiger partial charge in [0, 0.05) is 62.6 Å². The number of carbonyl (C=O) groups excluding carboxylic acids is 1. The van der Waals surface area contributed by atoms with Crippen LogP contribution < -0.4 is 4.90 Å². The van der Waals surface area contributed by atoms with Crippen molar-refractivity contribution in [2.75, 3.05) is 57.3 Å². The summed E-state index contributed by atoms with van der Waals surface area (Å²) in [5.41, 5.74) is 1.99. The molecule has 36 heavy (non-hydrogen) atoms. The Balaban J connectivity index is 1.34. The standard InChI is InChI=1S/C27H41ClN4O4/c1-27(2,3)36-25(33)19-32-10-4-5-23(32)20-8-11-30(12-9-20)24-17-22(28)7-6-21(24)18-29-13-15-31(16-14-29)26(34)35/h6-7,17,20,23H,4-5,8-16,18-19H2,1-3H3,(H,34,35). The number of piperazine rings is 1. The number of piperidine rings is 1. The number of nitrogens with zero attached hydrogens (tertiary/aromatic N) is 4. The van der Waals surface area contributed by atoms with E-state index in [2.05, 4.69) is 26.8 Å². The van der Waals surface area contributed by atoms with Gasteiger partial charge in [0.2, 0.25) is 0 Å². The van der Waals surface area contributed by atoms with Crippen LogP contribution in [0.5, 0.6) is 0 Å². The SMILES string of the molecule is CC(C)(C)OC(=O)CN1CCCC1C1CCN(c2cc(Cl)ccc2CN2CCN(C(=O)O)CC2)CC1. The Labute approximate surface area is 220 Å². The van der Waals surface area contributed by atoms with E-state index in [1.807, 2.05) is 26.8 Å². The predicted octanol–water partition coefficient (Wildman–Crippen LogP) is 4.16. The molecule has 0 aliphatic carbocycles. The van der Waals surface area contributed by atoms with E-state index in [1.54, 1.807) is 0 Å². The average Bonchev–Trinajstić information content (AvgIpc) is 3.27. The second-order valence-electron chi connectivity index (χ2n) is 11.4. The fourth-order valence-electron chi connectivity index (χ4n) is 5.95. The van der Waals surface area contributed by atoms with Gasteiger partial charge in [-0.05, 0) is 76.6 Å². The zero-order valence-corrected chi connectivity index (χ0v) is 22.7. The number of ether oxygens (including phenoxy) is 1. The maximum absolute atomic E-state index is 12.4. The number of likely N-dealkylation sites (tertiary alicyclic amines) is 1. The molecular weight excluding hydrogens is 480 g/mol. The number of benzene rings is 1. The molecule has 3 aliphatic rings. The Kier molecular flexibility index (Phi) is 8.68. The second-order valence-corrected chi connectivity index (χ2v) is 11.8. The van der Waals surface area contributed by atoms with Crippen molar-refractivity contribution >= 4 is 29.4 Å². The lowest BCUT2D eigenvalue weighted by Gasteiger charge is -2.40. The zero-order chi connectivity index (χ0) is 25.9. The molecule has 1 aromatic rings. The quantitative estimate of drug-likeness (QED) is 0.564. The van der Waals surface area contributed by atoms with Crippen LogP contribution in [0.3, 0.4) is 0 Å². The number of hydrogen-bond donors (Lipinski definition) is 1. The van der Waals surface area contributed by atoms with Crippen LogP contribution >= 0.6 is 11.6 Å². The van der Waals surface area contributed by atoms with E-state index < -0.39 is 11.7 Å². The Bertz CT molecular complexity index is 921. The van der Waals surface area contributed by atoms with Crippen molar-refractivity contribution in [1.29, 1.82) is 0 Å². The van der Waals surface area contributed by atoms with Crippen LogP contribution in [0.1, 0.15) is 52.0 Å². The van der Waals surface area contributed by atoms with Crippen molar-refractivity contribution in [1.82, 2.24) is 14.7 Å². The van der Waals surface area contributed by atoms with Gasteiger partial charge in [-0.15, -0.1) is 0 Å². The summed E-state index contributed by atoms with van der Waals surface area (Å²) in [6, 6.07) is 6.60. The van der Waals surface area contributed by atoms with Crippen LogP contribution in [0.25, 0.3) is 0 Å². The van der Waals surface area contributed by atoms with Crippen LogP contribution in [0.4, 0.5) is 10.5 Å². The third-order valence-electron chi connectivity index (χ3n) is 7.68. The van der Waals surface area contributed by atoms with Gasteiger partial charge < -0.3 is 19.6 Å². The fourth-order valence-corrected chi connectivity index (χ4v) is 6.12. The minimum absolute atomic E-state index is 0.125. The van der Waals surface area contributed by atoms with Crippen LogP contribution in [0.15, 0.2) is 18.2 Å². The summed E-state index contributed by atoms with van der Waals surface area (Å²) in [6.07, 6.45) is 3.65. The summed E-state index contributed by atoms with van der Waals surface area (Å²) >= 11 is 6.42. The monoisotopic (exact) mass is 520 g/mol. The van der Waals surface area contributed by atoms with E-state index >= 15 is 0 Å². The van der Waals surface area contributed by atoms with E-state index in [4.69, 9.17) is 16.3 Å². The molecule has 8 nitrogen and oxygen atoms in total. The van der Waals surface area contributed by atoms with E-state index in [0.717, 1.165) is 70.0 Å². The van der Waals surface area contributed by atoms with Crippen molar-refractivity contribution in [2.45, 2.75) is 64.6 Å². The minimum atomic E-state index is -0.836. The highest BCUT2D eigenvalue weighted by molar-refractivity contribution is 6.30. The number of carbonyl (C=O) groups is 2. The normalized spacial score (nSPS) is 22.7. The highest BCUT2D eigenvalue weighted by atomic mass is 35.5. The Hall–Kier alpha value is -2.03. The predicted molar refractivity (Wildman–Crippen MR) is 142 cm³/mol. The molecule has 0 bridgehead atoms. The Morgan fingerprint density at radius 3 is 2.36 bits per heavy atom. The molecule has 1 aromatic carbocycles. The summed E-state index contributed by atoms with van der Waals surface area (Å²) in [4.78, 5) is 32.3. The third-order valence-corrected chi connectivity index (χ3v) is 7.91. The molecule has 0 radical (unpaired) electrons. The Morgan fingerprint density at radius 1 is 1.03 bits per heavy atom. The average molecular weight is 521 g/mol. The van der Waals surface area contributed by atoms with Gasteiger partial charge in [-0.2, -0.15) is 0 Å². The lowest BCUT2D eigenvalue weighted by molar-refractivity contribution is -0.156. The van der Waals surface area contributed by atoms with Crippen molar-refractivity contribution in [3.8, 4) is 0 Å². The van der Waals surface area contributed by atoms with Crippen molar-refractivity contribution in [3.63, 3.8) is 0 Å². The summed E-state index contributed by atoms with van der Waals surface area (Å²) in [5, 5.41) is 9.96. The number of amides is 1. The van der Waals surface area contributed by atoms with E-state index in [1.165, 1.54) is 16.2 Å². The molecule has 3 fully saturated rings. The lowest BCUT2D eigenvalue weighted by atomic mass is 9.87. The van der Waals surface area contributed by atoms with E-state index in [0.29, 0.717) is 31.6 Å². The van der Waals surface area contributed by atoms with E-state index in [9.17, 15) is 14.7 Å². The molecular formula is C27H41ClN4O4. The highest BCUT2D eigenvalue weighted by Crippen LogP contribution is 2.35. The number of carboxylic acid groups (broad SMARTS) is 1. The largest absolute Gasteiger partial charge is 0.465 e. The molecule has 3 heterocycles. The maximum atomic E-state index is 12.4. The second kappa shape index (κ2) is 11.6. The molecule has 4 rings (SSSR count). The molecule has 1 amide bonds. The summed E-state index contributed by atoms with van der Waals surface area (Å²) < 4.78 is 5.58. The first-order chi connectivity index (χ1) is 17.1. The van der Waals surface area contributed by atoms with Crippen LogP contribution in [0, 0.1) is 5.92 Å². The number of rotatable bonds is 6.